The summed E-state index contributed by atoms with van der Waals surface area (Å²) in [4.78, 5) is 3.95. The number of aliphatic imine (C=N–C) groups is 1. The Morgan fingerprint density at radius 1 is 1.30 bits per heavy atom. The summed E-state index contributed by atoms with van der Waals surface area (Å²) in [7, 11) is 1.71. The first kappa shape index (κ1) is 7.06. The summed E-state index contributed by atoms with van der Waals surface area (Å²) < 4.78 is 5.22. The van der Waals surface area contributed by atoms with Crippen molar-refractivity contribution in [2.24, 2.45) is 4.99 Å². The Hall–Kier alpha value is -1.05. The molecule has 0 saturated heterocycles. The molecule has 2 heteroatoms. The number of hydrogen-bond donors (Lipinski definition) is 0. The van der Waals surface area contributed by atoms with E-state index in [1.807, 2.05) is 13.8 Å². The van der Waals surface area contributed by atoms with Gasteiger partial charge in [0.2, 0.25) is 5.90 Å². The molecule has 0 radical (unpaired) electrons. The highest BCUT2D eigenvalue weighted by Crippen LogP contribution is 2.23. The molecule has 1 heterocycles. The van der Waals surface area contributed by atoms with Crippen LogP contribution in [0.4, 0.5) is 0 Å². The summed E-state index contributed by atoms with van der Waals surface area (Å²) in [5, 5.41) is 0. The third-order valence-corrected chi connectivity index (χ3v) is 1.72. The van der Waals surface area contributed by atoms with Gasteiger partial charge >= 0.3 is 0 Å². The van der Waals surface area contributed by atoms with Crippen LogP contribution in [0.1, 0.15) is 13.8 Å². The van der Waals surface area contributed by atoms with Gasteiger partial charge in [0.15, 0.2) is 0 Å². The Balaban J connectivity index is 3.06. The molecular weight excluding hydrogens is 126 g/mol. The summed E-state index contributed by atoms with van der Waals surface area (Å²) in [6.45, 7) is 7.69. The number of hydrogen-bond acceptors (Lipinski definition) is 2. The van der Waals surface area contributed by atoms with E-state index in [1.165, 1.54) is 0 Å². The molecule has 0 atom stereocenters. The van der Waals surface area contributed by atoms with Crippen LogP contribution in [0.3, 0.4) is 0 Å². The van der Waals surface area contributed by atoms with Gasteiger partial charge in [0.05, 0.1) is 0 Å². The summed E-state index contributed by atoms with van der Waals surface area (Å²) >= 11 is 0. The van der Waals surface area contributed by atoms with Gasteiger partial charge < -0.3 is 4.74 Å². The van der Waals surface area contributed by atoms with Crippen LogP contribution < -0.4 is 0 Å². The van der Waals surface area contributed by atoms with Gasteiger partial charge in [-0.2, -0.15) is 0 Å². The van der Waals surface area contributed by atoms with Crippen molar-refractivity contribution >= 4 is 5.90 Å². The van der Waals surface area contributed by atoms with Crippen LogP contribution in [-0.4, -0.2) is 12.9 Å². The second-order valence-electron chi connectivity index (χ2n) is 2.30. The second-order valence-corrected chi connectivity index (χ2v) is 2.30. The summed E-state index contributed by atoms with van der Waals surface area (Å²) in [5.74, 6) is 1.42. The lowest BCUT2D eigenvalue weighted by atomic mass is 10.2. The van der Waals surface area contributed by atoms with Crippen molar-refractivity contribution in [3.8, 4) is 0 Å². The van der Waals surface area contributed by atoms with Crippen molar-refractivity contribution in [2.45, 2.75) is 13.8 Å². The Morgan fingerprint density at radius 3 is 2.10 bits per heavy atom. The Labute approximate surface area is 60.9 Å². The van der Waals surface area contributed by atoms with E-state index in [1.54, 1.807) is 7.05 Å². The minimum atomic E-state index is 0.697. The van der Waals surface area contributed by atoms with Crippen molar-refractivity contribution in [3.05, 3.63) is 23.5 Å². The molecule has 0 fully saturated rings. The molecule has 0 spiro atoms. The molecule has 0 aromatic heterocycles. The van der Waals surface area contributed by atoms with Gasteiger partial charge in [0, 0.05) is 12.6 Å². The second kappa shape index (κ2) is 2.29. The lowest BCUT2D eigenvalue weighted by Crippen LogP contribution is -1.95. The number of rotatable bonds is 0. The molecule has 54 valence electrons. The molecule has 0 aromatic rings. The lowest BCUT2D eigenvalue weighted by molar-refractivity contribution is 0.445. The zero-order valence-electron chi connectivity index (χ0n) is 6.56. The van der Waals surface area contributed by atoms with Crippen LogP contribution in [0, 0.1) is 0 Å². The smallest absolute Gasteiger partial charge is 0.217 e. The van der Waals surface area contributed by atoms with Crippen LogP contribution in [0.15, 0.2) is 28.5 Å². The van der Waals surface area contributed by atoms with E-state index >= 15 is 0 Å². The predicted molar refractivity (Wildman–Crippen MR) is 42.0 cm³/mol. The first-order chi connectivity index (χ1) is 4.66. The Kier molecular flexibility index (Phi) is 1.62. The van der Waals surface area contributed by atoms with Crippen LogP contribution in [0.5, 0.6) is 0 Å². The number of nitrogens with zero attached hydrogens (tertiary/aromatic N) is 1. The van der Waals surface area contributed by atoms with Gasteiger partial charge in [0.1, 0.15) is 5.76 Å². The van der Waals surface area contributed by atoms with E-state index in [0.29, 0.717) is 5.90 Å². The molecule has 0 amide bonds. The van der Waals surface area contributed by atoms with Crippen molar-refractivity contribution < 1.29 is 4.74 Å². The number of ether oxygens (including phenoxy) is 1. The van der Waals surface area contributed by atoms with Crippen molar-refractivity contribution in [3.63, 3.8) is 0 Å². The molecule has 0 aliphatic carbocycles. The third-order valence-electron chi connectivity index (χ3n) is 1.72. The molecule has 10 heavy (non-hydrogen) atoms. The predicted octanol–water partition coefficient (Wildman–Crippen LogP) is 1.90. The molecule has 2 nitrogen and oxygen atoms in total. The average molecular weight is 137 g/mol. The van der Waals surface area contributed by atoms with Gasteiger partial charge in [-0.15, -0.1) is 0 Å². The molecule has 0 bridgehead atoms. The molecule has 0 saturated carbocycles. The Bertz CT molecular complexity index is 236. The van der Waals surface area contributed by atoms with E-state index in [2.05, 4.69) is 11.6 Å². The monoisotopic (exact) mass is 137 g/mol. The fraction of sp³-hybridized carbons (Fsp3) is 0.375. The summed E-state index contributed by atoms with van der Waals surface area (Å²) in [6.07, 6.45) is 0. The first-order valence-electron chi connectivity index (χ1n) is 3.18. The largest absolute Gasteiger partial charge is 0.439 e. The molecule has 1 aliphatic rings. The van der Waals surface area contributed by atoms with Crippen LogP contribution in [-0.2, 0) is 4.74 Å². The zero-order chi connectivity index (χ0) is 7.72. The van der Waals surface area contributed by atoms with E-state index in [4.69, 9.17) is 4.74 Å². The van der Waals surface area contributed by atoms with Gasteiger partial charge in [-0.25, -0.2) is 0 Å². The summed E-state index contributed by atoms with van der Waals surface area (Å²) in [5.41, 5.74) is 2.19. The standard InChI is InChI=1S/C8H11NO/c1-5-6(2)8(9-4)10-7(5)3/h3H2,1-2,4H3. The molecule has 1 rings (SSSR count). The van der Waals surface area contributed by atoms with Crippen LogP contribution >= 0.6 is 0 Å². The average Bonchev–Trinajstić information content (AvgIpc) is 2.17. The fourth-order valence-corrected chi connectivity index (χ4v) is 0.853. The van der Waals surface area contributed by atoms with Crippen LogP contribution in [0.2, 0.25) is 0 Å². The third kappa shape index (κ3) is 0.856. The maximum atomic E-state index is 5.22. The highest BCUT2D eigenvalue weighted by atomic mass is 16.5. The van der Waals surface area contributed by atoms with Gasteiger partial charge in [-0.3, -0.25) is 4.99 Å². The minimum absolute atomic E-state index is 0.697. The van der Waals surface area contributed by atoms with E-state index in [9.17, 15) is 0 Å². The molecule has 0 aromatic carbocycles. The van der Waals surface area contributed by atoms with Gasteiger partial charge in [-0.05, 0) is 19.4 Å². The van der Waals surface area contributed by atoms with Crippen molar-refractivity contribution in [1.29, 1.82) is 0 Å². The van der Waals surface area contributed by atoms with Crippen LogP contribution in [0.25, 0.3) is 0 Å². The van der Waals surface area contributed by atoms with Gasteiger partial charge in [0.25, 0.3) is 0 Å². The quantitative estimate of drug-likeness (QED) is 0.499. The molecule has 0 N–H and O–H groups in total. The maximum absolute atomic E-state index is 5.22. The molecule has 0 unspecified atom stereocenters. The highest BCUT2D eigenvalue weighted by molar-refractivity contribution is 5.97. The molecular formula is C8H11NO. The first-order valence-corrected chi connectivity index (χ1v) is 3.18. The fourth-order valence-electron chi connectivity index (χ4n) is 0.853. The number of allylic oxidation sites excluding steroid dienone is 1. The topological polar surface area (TPSA) is 21.6 Å². The minimum Gasteiger partial charge on any atom is -0.439 e. The maximum Gasteiger partial charge on any atom is 0.217 e. The normalized spacial score (nSPS) is 22.3. The summed E-state index contributed by atoms with van der Waals surface area (Å²) in [6, 6.07) is 0. The van der Waals surface area contributed by atoms with Crippen molar-refractivity contribution in [2.75, 3.05) is 7.05 Å². The van der Waals surface area contributed by atoms with E-state index in [-0.39, 0.29) is 0 Å². The van der Waals surface area contributed by atoms with Gasteiger partial charge in [-0.1, -0.05) is 6.58 Å². The SMILES string of the molecule is C=C1OC(=NC)C(C)=C1C. The van der Waals surface area contributed by atoms with E-state index < -0.39 is 0 Å². The van der Waals surface area contributed by atoms with Crippen molar-refractivity contribution in [1.82, 2.24) is 0 Å². The van der Waals surface area contributed by atoms with E-state index in [0.717, 1.165) is 16.9 Å². The molecule has 1 aliphatic heterocycles. The Morgan fingerprint density at radius 2 is 1.90 bits per heavy atom. The highest BCUT2D eigenvalue weighted by Gasteiger charge is 2.18. The zero-order valence-corrected chi connectivity index (χ0v) is 6.56. The lowest BCUT2D eigenvalue weighted by Gasteiger charge is -1.95.